The zero-order valence-electron chi connectivity index (χ0n) is 13.6. The maximum Gasteiger partial charge on any atom is 0.253 e. The van der Waals surface area contributed by atoms with Gasteiger partial charge in [-0.15, -0.1) is 5.10 Å². The van der Waals surface area contributed by atoms with E-state index in [0.717, 1.165) is 18.7 Å². The lowest BCUT2D eigenvalue weighted by atomic mass is 10.2. The molecule has 0 atom stereocenters. The Hall–Kier alpha value is -2.35. The Morgan fingerprint density at radius 2 is 2.17 bits per heavy atom. The van der Waals surface area contributed by atoms with Gasteiger partial charge in [0.1, 0.15) is 5.82 Å². The number of rotatable bonds is 6. The average Bonchev–Trinajstić information content (AvgIpc) is 3.31. The summed E-state index contributed by atoms with van der Waals surface area (Å²) < 4.78 is 0. The van der Waals surface area contributed by atoms with E-state index in [2.05, 4.69) is 20.5 Å². The van der Waals surface area contributed by atoms with Gasteiger partial charge >= 0.3 is 0 Å². The number of carbonyl (C=O) groups is 2. The largest absolute Gasteiger partial charge is 0.345 e. The summed E-state index contributed by atoms with van der Waals surface area (Å²) >= 11 is 1.29. The maximum absolute atomic E-state index is 12.1. The number of H-pyrrole nitrogens is 1. The van der Waals surface area contributed by atoms with Crippen LogP contribution in [0.3, 0.4) is 0 Å². The fourth-order valence-electron chi connectivity index (χ4n) is 2.18. The SMILES string of the molecule is CN(C)C(=O)c1cccc(NC(=O)CSc2n[nH]c(C3CC3)n2)c1. The van der Waals surface area contributed by atoms with Crippen LogP contribution < -0.4 is 5.32 Å². The molecule has 1 heterocycles. The highest BCUT2D eigenvalue weighted by Crippen LogP contribution is 2.38. The summed E-state index contributed by atoms with van der Waals surface area (Å²) in [4.78, 5) is 29.9. The van der Waals surface area contributed by atoms with Gasteiger partial charge < -0.3 is 10.2 Å². The molecule has 7 nitrogen and oxygen atoms in total. The Balaban J connectivity index is 1.54. The third kappa shape index (κ3) is 4.14. The summed E-state index contributed by atoms with van der Waals surface area (Å²) in [5.74, 6) is 1.37. The van der Waals surface area contributed by atoms with Gasteiger partial charge in [0.25, 0.3) is 5.91 Å². The summed E-state index contributed by atoms with van der Waals surface area (Å²) in [5.41, 5.74) is 1.13. The molecule has 24 heavy (non-hydrogen) atoms. The molecule has 126 valence electrons. The second-order valence-electron chi connectivity index (χ2n) is 5.89. The third-order valence-corrected chi connectivity index (χ3v) is 4.43. The van der Waals surface area contributed by atoms with Gasteiger partial charge in [0.2, 0.25) is 11.1 Å². The first kappa shape index (κ1) is 16.5. The van der Waals surface area contributed by atoms with E-state index in [9.17, 15) is 9.59 Å². The summed E-state index contributed by atoms with van der Waals surface area (Å²) in [6, 6.07) is 6.90. The zero-order chi connectivity index (χ0) is 17.1. The zero-order valence-corrected chi connectivity index (χ0v) is 14.4. The van der Waals surface area contributed by atoms with Gasteiger partial charge in [-0.1, -0.05) is 17.8 Å². The number of aromatic nitrogens is 3. The fourth-order valence-corrected chi connectivity index (χ4v) is 2.78. The van der Waals surface area contributed by atoms with Crippen LogP contribution in [0, 0.1) is 0 Å². The third-order valence-electron chi connectivity index (χ3n) is 3.58. The molecule has 1 saturated carbocycles. The van der Waals surface area contributed by atoms with Crippen molar-refractivity contribution < 1.29 is 9.59 Å². The Morgan fingerprint density at radius 1 is 1.38 bits per heavy atom. The Kier molecular flexibility index (Phi) is 4.84. The lowest BCUT2D eigenvalue weighted by molar-refractivity contribution is -0.113. The molecule has 0 radical (unpaired) electrons. The van der Waals surface area contributed by atoms with E-state index in [1.165, 1.54) is 16.7 Å². The number of nitrogens with one attached hydrogen (secondary N) is 2. The summed E-state index contributed by atoms with van der Waals surface area (Å²) in [6.07, 6.45) is 2.31. The molecule has 1 aromatic carbocycles. The smallest absolute Gasteiger partial charge is 0.253 e. The second-order valence-corrected chi connectivity index (χ2v) is 6.84. The molecule has 1 aliphatic rings. The summed E-state index contributed by atoms with van der Waals surface area (Å²) in [5, 5.41) is 10.4. The molecule has 2 N–H and O–H groups in total. The first-order chi connectivity index (χ1) is 11.5. The van der Waals surface area contributed by atoms with Crippen molar-refractivity contribution in [2.45, 2.75) is 23.9 Å². The molecule has 0 aliphatic heterocycles. The van der Waals surface area contributed by atoms with E-state index in [1.807, 2.05) is 0 Å². The number of carbonyl (C=O) groups excluding carboxylic acids is 2. The van der Waals surface area contributed by atoms with Crippen molar-refractivity contribution in [1.29, 1.82) is 0 Å². The van der Waals surface area contributed by atoms with Crippen molar-refractivity contribution in [3.63, 3.8) is 0 Å². The van der Waals surface area contributed by atoms with Crippen molar-refractivity contribution in [3.05, 3.63) is 35.7 Å². The van der Waals surface area contributed by atoms with Crippen molar-refractivity contribution in [2.75, 3.05) is 25.2 Å². The number of aromatic amines is 1. The van der Waals surface area contributed by atoms with Crippen molar-refractivity contribution in [3.8, 4) is 0 Å². The number of hydrogen-bond acceptors (Lipinski definition) is 5. The van der Waals surface area contributed by atoms with Gasteiger partial charge in [-0.25, -0.2) is 4.98 Å². The number of hydrogen-bond donors (Lipinski definition) is 2. The molecule has 2 amide bonds. The minimum Gasteiger partial charge on any atom is -0.345 e. The van der Waals surface area contributed by atoms with E-state index in [0.29, 0.717) is 22.3 Å². The molecular weight excluding hydrogens is 326 g/mol. The topological polar surface area (TPSA) is 91.0 Å². The van der Waals surface area contributed by atoms with Crippen LogP contribution in [-0.4, -0.2) is 51.7 Å². The number of anilines is 1. The van der Waals surface area contributed by atoms with E-state index in [1.54, 1.807) is 38.4 Å². The normalized spacial score (nSPS) is 13.6. The Bertz CT molecular complexity index is 754. The van der Waals surface area contributed by atoms with E-state index >= 15 is 0 Å². The second kappa shape index (κ2) is 7.04. The highest BCUT2D eigenvalue weighted by atomic mass is 32.2. The van der Waals surface area contributed by atoms with Crippen molar-refractivity contribution >= 4 is 29.3 Å². The minimum absolute atomic E-state index is 0.103. The molecule has 0 bridgehead atoms. The van der Waals surface area contributed by atoms with Crippen LogP contribution in [0.5, 0.6) is 0 Å². The van der Waals surface area contributed by atoms with Crippen LogP contribution in [-0.2, 0) is 4.79 Å². The average molecular weight is 345 g/mol. The Labute approximate surface area is 144 Å². The van der Waals surface area contributed by atoms with Crippen LogP contribution in [0.15, 0.2) is 29.4 Å². The fraction of sp³-hybridized carbons (Fsp3) is 0.375. The van der Waals surface area contributed by atoms with Gasteiger partial charge in [0, 0.05) is 31.3 Å². The molecule has 2 aromatic rings. The summed E-state index contributed by atoms with van der Waals surface area (Å²) in [6.45, 7) is 0. The molecule has 1 fully saturated rings. The minimum atomic E-state index is -0.160. The monoisotopic (exact) mass is 345 g/mol. The van der Waals surface area contributed by atoms with Gasteiger partial charge in [-0.3, -0.25) is 14.7 Å². The quantitative estimate of drug-likeness (QED) is 0.783. The highest BCUT2D eigenvalue weighted by molar-refractivity contribution is 7.99. The Morgan fingerprint density at radius 3 is 2.88 bits per heavy atom. The lowest BCUT2D eigenvalue weighted by Crippen LogP contribution is -2.22. The lowest BCUT2D eigenvalue weighted by Gasteiger charge is -2.11. The molecule has 0 spiro atoms. The standard InChI is InChI=1S/C16H19N5O2S/c1-21(2)15(23)11-4-3-5-12(8-11)17-13(22)9-24-16-18-14(19-20-16)10-6-7-10/h3-5,8,10H,6-7,9H2,1-2H3,(H,17,22)(H,18,19,20). The van der Waals surface area contributed by atoms with Crippen LogP contribution in [0.4, 0.5) is 5.69 Å². The van der Waals surface area contributed by atoms with E-state index in [-0.39, 0.29) is 17.6 Å². The predicted octanol–water partition coefficient (Wildman–Crippen LogP) is 2.11. The number of amides is 2. The van der Waals surface area contributed by atoms with E-state index < -0.39 is 0 Å². The van der Waals surface area contributed by atoms with Gasteiger partial charge in [-0.05, 0) is 31.0 Å². The van der Waals surface area contributed by atoms with Crippen molar-refractivity contribution in [1.82, 2.24) is 20.1 Å². The van der Waals surface area contributed by atoms with Gasteiger partial charge in [0.15, 0.2) is 0 Å². The molecule has 3 rings (SSSR count). The molecule has 0 unspecified atom stereocenters. The van der Waals surface area contributed by atoms with Gasteiger partial charge in [-0.2, -0.15) is 0 Å². The first-order valence-electron chi connectivity index (χ1n) is 7.69. The van der Waals surface area contributed by atoms with Crippen molar-refractivity contribution in [2.24, 2.45) is 0 Å². The number of nitrogens with zero attached hydrogens (tertiary/aromatic N) is 3. The molecule has 8 heteroatoms. The van der Waals surface area contributed by atoms with Gasteiger partial charge in [0.05, 0.1) is 5.75 Å². The van der Waals surface area contributed by atoms with Crippen LogP contribution >= 0.6 is 11.8 Å². The molecular formula is C16H19N5O2S. The molecule has 0 saturated heterocycles. The van der Waals surface area contributed by atoms with Crippen LogP contribution in [0.25, 0.3) is 0 Å². The molecule has 1 aromatic heterocycles. The number of thioether (sulfide) groups is 1. The first-order valence-corrected chi connectivity index (χ1v) is 8.68. The van der Waals surface area contributed by atoms with E-state index in [4.69, 9.17) is 0 Å². The maximum atomic E-state index is 12.1. The predicted molar refractivity (Wildman–Crippen MR) is 92.2 cm³/mol. The van der Waals surface area contributed by atoms with Crippen LogP contribution in [0.1, 0.15) is 34.9 Å². The van der Waals surface area contributed by atoms with Crippen LogP contribution in [0.2, 0.25) is 0 Å². The molecule has 1 aliphatic carbocycles. The highest BCUT2D eigenvalue weighted by Gasteiger charge is 2.27. The summed E-state index contributed by atoms with van der Waals surface area (Å²) in [7, 11) is 3.38. The number of benzene rings is 1.